The smallest absolute Gasteiger partial charge is 0.236 e. The van der Waals surface area contributed by atoms with E-state index in [4.69, 9.17) is 20.5 Å². The van der Waals surface area contributed by atoms with Gasteiger partial charge in [0.2, 0.25) is 11.8 Å². The van der Waals surface area contributed by atoms with Crippen LogP contribution in [0.15, 0.2) is 18.3 Å². The second-order valence-electron chi connectivity index (χ2n) is 6.83. The maximum absolute atomic E-state index is 12.0. The maximum Gasteiger partial charge on any atom is 0.236 e. The van der Waals surface area contributed by atoms with Crippen molar-refractivity contribution in [3.63, 3.8) is 0 Å². The van der Waals surface area contributed by atoms with Crippen LogP contribution in [0.2, 0.25) is 0 Å². The van der Waals surface area contributed by atoms with E-state index >= 15 is 0 Å². The lowest BCUT2D eigenvalue weighted by Crippen LogP contribution is -2.31. The third-order valence-corrected chi connectivity index (χ3v) is 4.94. The number of fused-ring (bicyclic) bond motifs is 1. The fourth-order valence-corrected chi connectivity index (χ4v) is 3.54. The average molecular weight is 397 g/mol. The molecule has 1 aromatic heterocycles. The van der Waals surface area contributed by atoms with E-state index in [1.165, 1.54) is 0 Å². The predicted octanol–water partition coefficient (Wildman–Crippen LogP) is 1.21. The number of likely N-dealkylation sites (tertiary alicyclic amines) is 1. The van der Waals surface area contributed by atoms with Crippen LogP contribution in [-0.2, 0) is 16.0 Å². The minimum Gasteiger partial charge on any atom is -0.493 e. The summed E-state index contributed by atoms with van der Waals surface area (Å²) in [4.78, 5) is 29.7. The number of benzene rings is 1. The monoisotopic (exact) mass is 397 g/mol. The SMILES string of the molecule is COc1cc2ncc(CC(N)=O)c(N[C@H]3CCN(C(=O)CC#N)C3)c2cc1OC. The largest absolute Gasteiger partial charge is 0.493 e. The molecule has 0 spiro atoms. The number of primary amides is 1. The molecular formula is C20H23N5O4. The average Bonchev–Trinajstić information content (AvgIpc) is 3.17. The van der Waals surface area contributed by atoms with Crippen molar-refractivity contribution in [3.8, 4) is 17.6 Å². The quantitative estimate of drug-likeness (QED) is 0.718. The number of nitrogens with one attached hydrogen (secondary N) is 1. The number of anilines is 1. The second-order valence-corrected chi connectivity index (χ2v) is 6.83. The number of pyridine rings is 1. The summed E-state index contributed by atoms with van der Waals surface area (Å²) in [5.41, 5.74) is 7.49. The number of nitrogens with two attached hydrogens (primary N) is 1. The highest BCUT2D eigenvalue weighted by Crippen LogP contribution is 2.36. The van der Waals surface area contributed by atoms with Crippen molar-refractivity contribution in [1.29, 1.82) is 5.26 Å². The first kappa shape index (κ1) is 20.2. The summed E-state index contributed by atoms with van der Waals surface area (Å²) in [5, 5.41) is 13.0. The number of nitrogens with zero attached hydrogens (tertiary/aromatic N) is 3. The van der Waals surface area contributed by atoms with Gasteiger partial charge in [-0.05, 0) is 12.5 Å². The summed E-state index contributed by atoms with van der Waals surface area (Å²) in [6.07, 6.45) is 2.25. The van der Waals surface area contributed by atoms with Crippen molar-refractivity contribution in [3.05, 3.63) is 23.9 Å². The van der Waals surface area contributed by atoms with E-state index in [0.717, 1.165) is 17.5 Å². The Morgan fingerprint density at radius 3 is 2.72 bits per heavy atom. The van der Waals surface area contributed by atoms with Gasteiger partial charge in [0.05, 0.1) is 32.2 Å². The van der Waals surface area contributed by atoms with Gasteiger partial charge in [0.15, 0.2) is 11.5 Å². The minimum absolute atomic E-state index is 0.0250. The molecule has 0 aliphatic carbocycles. The molecule has 29 heavy (non-hydrogen) atoms. The van der Waals surface area contributed by atoms with Crippen LogP contribution in [0.25, 0.3) is 10.9 Å². The van der Waals surface area contributed by atoms with Gasteiger partial charge in [-0.2, -0.15) is 5.26 Å². The molecule has 0 saturated carbocycles. The predicted molar refractivity (Wildman–Crippen MR) is 107 cm³/mol. The molecule has 1 atom stereocenters. The molecule has 0 radical (unpaired) electrons. The molecule has 1 aliphatic heterocycles. The molecule has 2 heterocycles. The van der Waals surface area contributed by atoms with Gasteiger partial charge < -0.3 is 25.4 Å². The molecule has 2 amide bonds. The Hall–Kier alpha value is -3.54. The van der Waals surface area contributed by atoms with Crippen molar-refractivity contribution >= 4 is 28.4 Å². The molecule has 152 valence electrons. The third kappa shape index (κ3) is 4.32. The Morgan fingerprint density at radius 1 is 1.34 bits per heavy atom. The van der Waals surface area contributed by atoms with Gasteiger partial charge in [-0.1, -0.05) is 0 Å². The minimum atomic E-state index is -0.466. The zero-order valence-electron chi connectivity index (χ0n) is 16.4. The number of ether oxygens (including phenoxy) is 2. The van der Waals surface area contributed by atoms with E-state index in [-0.39, 0.29) is 24.8 Å². The lowest BCUT2D eigenvalue weighted by molar-refractivity contribution is -0.129. The van der Waals surface area contributed by atoms with E-state index in [9.17, 15) is 9.59 Å². The van der Waals surface area contributed by atoms with E-state index in [1.54, 1.807) is 31.4 Å². The Morgan fingerprint density at radius 2 is 2.07 bits per heavy atom. The number of hydrogen-bond acceptors (Lipinski definition) is 7. The molecule has 1 saturated heterocycles. The summed E-state index contributed by atoms with van der Waals surface area (Å²) >= 11 is 0. The zero-order valence-corrected chi connectivity index (χ0v) is 16.4. The highest BCUT2D eigenvalue weighted by Gasteiger charge is 2.27. The number of hydrogen-bond donors (Lipinski definition) is 2. The normalized spacial score (nSPS) is 15.8. The molecule has 9 heteroatoms. The van der Waals surface area contributed by atoms with Gasteiger partial charge in [0.1, 0.15) is 6.42 Å². The van der Waals surface area contributed by atoms with E-state index in [2.05, 4.69) is 10.3 Å². The van der Waals surface area contributed by atoms with Crippen molar-refractivity contribution in [1.82, 2.24) is 9.88 Å². The lowest BCUT2D eigenvalue weighted by atomic mass is 10.0. The van der Waals surface area contributed by atoms with Crippen LogP contribution in [0.1, 0.15) is 18.4 Å². The first-order valence-corrected chi connectivity index (χ1v) is 9.20. The van der Waals surface area contributed by atoms with Crippen LogP contribution in [0.3, 0.4) is 0 Å². The van der Waals surface area contributed by atoms with Gasteiger partial charge >= 0.3 is 0 Å². The van der Waals surface area contributed by atoms with Crippen molar-refractivity contribution in [2.24, 2.45) is 5.73 Å². The number of rotatable bonds is 7. The highest BCUT2D eigenvalue weighted by molar-refractivity contribution is 5.96. The molecule has 0 unspecified atom stereocenters. The highest BCUT2D eigenvalue weighted by atomic mass is 16.5. The summed E-state index contributed by atoms with van der Waals surface area (Å²) in [5.74, 6) is 0.445. The molecule has 3 rings (SSSR count). The number of methoxy groups -OCH3 is 2. The number of amides is 2. The summed E-state index contributed by atoms with van der Waals surface area (Å²) in [6, 6.07) is 5.44. The Kier molecular flexibility index (Phi) is 6.02. The van der Waals surface area contributed by atoms with Gasteiger partial charge in [0, 0.05) is 48.0 Å². The van der Waals surface area contributed by atoms with Crippen LogP contribution in [0.5, 0.6) is 11.5 Å². The first-order chi connectivity index (χ1) is 14.0. The van der Waals surface area contributed by atoms with Crippen LogP contribution < -0.4 is 20.5 Å². The van der Waals surface area contributed by atoms with E-state index in [1.807, 2.05) is 12.1 Å². The first-order valence-electron chi connectivity index (χ1n) is 9.20. The van der Waals surface area contributed by atoms with Crippen LogP contribution in [0, 0.1) is 11.3 Å². The number of carbonyl (C=O) groups is 2. The molecule has 3 N–H and O–H groups in total. The van der Waals surface area contributed by atoms with Gasteiger partial charge in [-0.15, -0.1) is 0 Å². The topological polar surface area (TPSA) is 131 Å². The van der Waals surface area contributed by atoms with E-state index in [0.29, 0.717) is 35.7 Å². The fraction of sp³-hybridized carbons (Fsp3) is 0.400. The molecular weight excluding hydrogens is 374 g/mol. The molecule has 9 nitrogen and oxygen atoms in total. The van der Waals surface area contributed by atoms with Crippen molar-refractivity contribution in [2.75, 3.05) is 32.6 Å². The molecule has 1 aliphatic rings. The van der Waals surface area contributed by atoms with Crippen LogP contribution in [-0.4, -0.2) is 55.0 Å². The maximum atomic E-state index is 12.0. The van der Waals surface area contributed by atoms with Gasteiger partial charge in [-0.3, -0.25) is 14.6 Å². The van der Waals surface area contributed by atoms with Crippen LogP contribution in [0.4, 0.5) is 5.69 Å². The molecule has 0 bridgehead atoms. The number of carbonyl (C=O) groups excluding carboxylic acids is 2. The van der Waals surface area contributed by atoms with Gasteiger partial charge in [0.25, 0.3) is 0 Å². The fourth-order valence-electron chi connectivity index (χ4n) is 3.54. The van der Waals surface area contributed by atoms with Crippen molar-refractivity contribution in [2.45, 2.75) is 25.3 Å². The Labute approximate surface area is 168 Å². The zero-order chi connectivity index (χ0) is 21.0. The molecule has 1 fully saturated rings. The summed E-state index contributed by atoms with van der Waals surface area (Å²) in [7, 11) is 3.10. The second kappa shape index (κ2) is 8.65. The Bertz CT molecular complexity index is 985. The number of nitriles is 1. The number of aromatic nitrogens is 1. The molecule has 1 aromatic carbocycles. The molecule has 2 aromatic rings. The summed E-state index contributed by atoms with van der Waals surface area (Å²) in [6.45, 7) is 1.05. The van der Waals surface area contributed by atoms with Crippen molar-refractivity contribution < 1.29 is 19.1 Å². The third-order valence-electron chi connectivity index (χ3n) is 4.94. The lowest BCUT2D eigenvalue weighted by Gasteiger charge is -2.20. The van der Waals surface area contributed by atoms with Crippen LogP contribution >= 0.6 is 0 Å². The Balaban J connectivity index is 1.98. The van der Waals surface area contributed by atoms with Gasteiger partial charge in [-0.25, -0.2) is 0 Å². The van der Waals surface area contributed by atoms with E-state index < -0.39 is 5.91 Å². The standard InChI is InChI=1S/C20H23N5O4/c1-28-16-8-14-15(9-17(16)29-2)23-10-12(7-18(22)26)20(14)24-13-4-6-25(11-13)19(27)3-5-21/h8-10,13H,3-4,6-7,11H2,1-2H3,(H2,22,26)(H,23,24)/t13-/m0/s1. The summed E-state index contributed by atoms with van der Waals surface area (Å²) < 4.78 is 10.8.